The maximum Gasteiger partial charge on any atom is 0.306 e. The molecule has 0 saturated heterocycles. The van der Waals surface area contributed by atoms with E-state index in [0.717, 1.165) is 0 Å². The minimum Gasteiger partial charge on any atom is -0.481 e. The second-order valence-corrected chi connectivity index (χ2v) is 2.02. The molecule has 4 N–H and O–H groups in total. The van der Waals surface area contributed by atoms with Crippen molar-refractivity contribution in [3.8, 4) is 0 Å². The molecule has 54 valence electrons. The summed E-state index contributed by atoms with van der Waals surface area (Å²) in [5.74, 6) is -1.03. The van der Waals surface area contributed by atoms with Gasteiger partial charge in [-0.25, -0.2) is 0 Å². The van der Waals surface area contributed by atoms with Crippen LogP contribution in [0.25, 0.3) is 0 Å². The van der Waals surface area contributed by atoms with Gasteiger partial charge in [0.15, 0.2) is 0 Å². The molecule has 4 nitrogen and oxygen atoms in total. The van der Waals surface area contributed by atoms with Gasteiger partial charge in [0.2, 0.25) is 0 Å². The molecule has 1 unspecified atom stereocenters. The average molecular weight is 133 g/mol. The van der Waals surface area contributed by atoms with Gasteiger partial charge in [0, 0.05) is 6.04 Å². The van der Waals surface area contributed by atoms with Crippen LogP contribution in [0.4, 0.5) is 0 Å². The lowest BCUT2D eigenvalue weighted by atomic mass is 10.1. The van der Waals surface area contributed by atoms with Crippen molar-refractivity contribution in [3.05, 3.63) is 0 Å². The van der Waals surface area contributed by atoms with Crippen molar-refractivity contribution in [3.63, 3.8) is 0 Å². The monoisotopic (exact) mass is 133 g/mol. The van der Waals surface area contributed by atoms with Gasteiger partial charge in [-0.05, 0) is 6.92 Å². The quantitative estimate of drug-likeness (QED) is 0.469. The lowest BCUT2D eigenvalue weighted by Gasteiger charge is -2.10. The predicted octanol–water partition coefficient (Wildman–Crippen LogP) is -0.831. The van der Waals surface area contributed by atoms with E-state index in [4.69, 9.17) is 15.9 Å². The lowest BCUT2D eigenvalue weighted by molar-refractivity contribution is -0.139. The van der Waals surface area contributed by atoms with E-state index < -0.39 is 18.1 Å². The van der Waals surface area contributed by atoms with Gasteiger partial charge in [-0.15, -0.1) is 0 Å². The highest BCUT2D eigenvalue weighted by Gasteiger charge is 2.12. The van der Waals surface area contributed by atoms with Crippen LogP contribution >= 0.6 is 0 Å². The van der Waals surface area contributed by atoms with Crippen molar-refractivity contribution in [2.24, 2.45) is 5.73 Å². The Kier molecular flexibility index (Phi) is 3.19. The Labute approximate surface area is 53.3 Å². The second kappa shape index (κ2) is 3.42. The fourth-order valence-electron chi connectivity index (χ4n) is 0.365. The van der Waals surface area contributed by atoms with Gasteiger partial charge < -0.3 is 15.9 Å². The van der Waals surface area contributed by atoms with E-state index in [1.807, 2.05) is 0 Å². The topological polar surface area (TPSA) is 83.5 Å². The molecule has 0 aromatic carbocycles. The van der Waals surface area contributed by atoms with Crippen LogP contribution < -0.4 is 5.73 Å². The Balaban J connectivity index is 3.50. The molecule has 9 heavy (non-hydrogen) atoms. The molecule has 0 rings (SSSR count). The highest BCUT2D eigenvalue weighted by Crippen LogP contribution is 1.94. The zero-order valence-electron chi connectivity index (χ0n) is 5.24. The van der Waals surface area contributed by atoms with Crippen LogP contribution in [0, 0.1) is 0 Å². The van der Waals surface area contributed by atoms with Crippen molar-refractivity contribution in [2.45, 2.75) is 25.5 Å². The van der Waals surface area contributed by atoms with Crippen LogP contribution in [0.3, 0.4) is 0 Å². The molecule has 4 heteroatoms. The maximum absolute atomic E-state index is 9.90. The van der Waals surface area contributed by atoms with Gasteiger partial charge in [-0.1, -0.05) is 0 Å². The zero-order chi connectivity index (χ0) is 7.44. The van der Waals surface area contributed by atoms with Crippen molar-refractivity contribution in [1.82, 2.24) is 0 Å². The number of carboxylic acid groups (broad SMARTS) is 1. The van der Waals surface area contributed by atoms with Crippen LogP contribution in [0.15, 0.2) is 0 Å². The van der Waals surface area contributed by atoms with Gasteiger partial charge in [0.25, 0.3) is 0 Å². The molecule has 0 bridgehead atoms. The van der Waals surface area contributed by atoms with Crippen LogP contribution in [-0.4, -0.2) is 28.3 Å². The minimum atomic E-state index is -1.03. The molecular formula is C5H11NO3. The molecule has 0 spiro atoms. The van der Waals surface area contributed by atoms with E-state index in [-0.39, 0.29) is 6.42 Å². The molecule has 0 amide bonds. The van der Waals surface area contributed by atoms with E-state index in [9.17, 15) is 4.79 Å². The Morgan fingerprint density at radius 1 is 1.78 bits per heavy atom. The van der Waals surface area contributed by atoms with Gasteiger partial charge >= 0.3 is 5.97 Å². The number of aliphatic carboxylic acids is 1. The first-order valence-electron chi connectivity index (χ1n) is 2.69. The Hall–Kier alpha value is -0.610. The fraction of sp³-hybridized carbons (Fsp3) is 0.800. The fourth-order valence-corrected chi connectivity index (χ4v) is 0.365. The molecule has 0 fully saturated rings. The van der Waals surface area contributed by atoms with Gasteiger partial charge in [0.1, 0.15) is 0 Å². The molecular weight excluding hydrogens is 122 g/mol. The van der Waals surface area contributed by atoms with Crippen molar-refractivity contribution >= 4 is 5.97 Å². The van der Waals surface area contributed by atoms with Crippen LogP contribution in [0.1, 0.15) is 13.3 Å². The summed E-state index contributed by atoms with van der Waals surface area (Å²) < 4.78 is 0. The van der Waals surface area contributed by atoms with E-state index in [0.29, 0.717) is 0 Å². The summed E-state index contributed by atoms with van der Waals surface area (Å²) in [4.78, 5) is 9.90. The summed E-state index contributed by atoms with van der Waals surface area (Å²) in [5, 5.41) is 16.9. The summed E-state index contributed by atoms with van der Waals surface area (Å²) in [6, 6.07) is -0.471. The van der Waals surface area contributed by atoms with Crippen molar-refractivity contribution in [1.29, 1.82) is 0 Å². The van der Waals surface area contributed by atoms with E-state index in [2.05, 4.69) is 0 Å². The normalized spacial score (nSPS) is 16.8. The number of rotatable bonds is 3. The third-order valence-corrected chi connectivity index (χ3v) is 0.991. The molecule has 2 atom stereocenters. The van der Waals surface area contributed by atoms with Crippen LogP contribution in [-0.2, 0) is 4.79 Å². The molecule has 0 aliphatic rings. The molecule has 0 heterocycles. The number of aliphatic hydroxyl groups is 1. The van der Waals surface area contributed by atoms with E-state index in [1.165, 1.54) is 0 Å². The number of hydrogen-bond donors (Lipinski definition) is 3. The first-order chi connectivity index (χ1) is 4.04. The summed E-state index contributed by atoms with van der Waals surface area (Å²) in [5.41, 5.74) is 5.17. The predicted molar refractivity (Wildman–Crippen MR) is 31.9 cm³/mol. The highest BCUT2D eigenvalue weighted by molar-refractivity contribution is 5.67. The third kappa shape index (κ3) is 3.93. The first kappa shape index (κ1) is 8.39. The largest absolute Gasteiger partial charge is 0.481 e. The van der Waals surface area contributed by atoms with Crippen LogP contribution in [0.2, 0.25) is 0 Å². The van der Waals surface area contributed by atoms with Gasteiger partial charge in [0.05, 0.1) is 12.5 Å². The molecule has 0 saturated carbocycles. The average Bonchev–Trinajstić information content (AvgIpc) is 1.63. The number of hydrogen-bond acceptors (Lipinski definition) is 3. The van der Waals surface area contributed by atoms with Gasteiger partial charge in [-0.3, -0.25) is 4.79 Å². The first-order valence-corrected chi connectivity index (χ1v) is 2.69. The smallest absolute Gasteiger partial charge is 0.306 e. The molecule has 0 aromatic rings. The molecule has 0 aliphatic carbocycles. The Morgan fingerprint density at radius 3 is 2.33 bits per heavy atom. The third-order valence-electron chi connectivity index (χ3n) is 0.991. The SMILES string of the molecule is CC(N)[C@@H](O)CC(=O)O. The summed E-state index contributed by atoms with van der Waals surface area (Å²) in [6.45, 7) is 1.56. The standard InChI is InChI=1S/C5H11NO3/c1-3(6)4(7)2-5(8)9/h3-4,7H,2,6H2,1H3,(H,8,9)/t3?,4-/m0/s1. The van der Waals surface area contributed by atoms with Crippen molar-refractivity contribution < 1.29 is 15.0 Å². The highest BCUT2D eigenvalue weighted by atomic mass is 16.4. The van der Waals surface area contributed by atoms with E-state index >= 15 is 0 Å². The summed E-state index contributed by atoms with van der Waals surface area (Å²) in [6.07, 6.45) is -1.21. The number of nitrogens with two attached hydrogens (primary N) is 1. The molecule has 0 aliphatic heterocycles. The number of carbonyl (C=O) groups is 1. The van der Waals surface area contributed by atoms with Crippen LogP contribution in [0.5, 0.6) is 0 Å². The maximum atomic E-state index is 9.90. The van der Waals surface area contributed by atoms with Crippen molar-refractivity contribution in [2.75, 3.05) is 0 Å². The van der Waals surface area contributed by atoms with E-state index in [1.54, 1.807) is 6.92 Å². The number of carboxylic acids is 1. The summed E-state index contributed by atoms with van der Waals surface area (Å²) in [7, 11) is 0. The lowest BCUT2D eigenvalue weighted by Crippen LogP contribution is -2.33. The summed E-state index contributed by atoms with van der Waals surface area (Å²) >= 11 is 0. The Morgan fingerprint density at radius 2 is 2.22 bits per heavy atom. The second-order valence-electron chi connectivity index (χ2n) is 2.02. The Bertz CT molecular complexity index is 102. The zero-order valence-corrected chi connectivity index (χ0v) is 5.24. The number of aliphatic hydroxyl groups excluding tert-OH is 1. The molecule has 0 aromatic heterocycles. The minimum absolute atomic E-state index is 0.280. The van der Waals surface area contributed by atoms with Gasteiger partial charge in [-0.2, -0.15) is 0 Å². The molecule has 0 radical (unpaired) electrons.